The van der Waals surface area contributed by atoms with Crippen LogP contribution in [0, 0.1) is 0 Å². The van der Waals surface area contributed by atoms with Crippen LogP contribution in [-0.2, 0) is 11.3 Å². The zero-order valence-electron chi connectivity index (χ0n) is 8.56. The largest absolute Gasteiger partial charge is 0.461 e. The van der Waals surface area contributed by atoms with Gasteiger partial charge in [0.1, 0.15) is 5.69 Å². The number of rotatable bonds is 5. The molecule has 90 valence electrons. The molecule has 0 unspecified atom stereocenters. The molecule has 0 aliphatic heterocycles. The standard InChI is InChI=1S/C8H11F2N3O3/c1-2-16-8(15)5-6(7(9)10)13(3-4-14)12-11-5/h7,14H,2-4H2,1H3. The molecular weight excluding hydrogens is 224 g/mol. The molecular formula is C8H11F2N3O3. The van der Waals surface area contributed by atoms with Crippen molar-refractivity contribution in [3.05, 3.63) is 11.4 Å². The number of ether oxygens (including phenoxy) is 1. The number of esters is 1. The monoisotopic (exact) mass is 235 g/mol. The molecule has 6 nitrogen and oxygen atoms in total. The molecule has 0 saturated carbocycles. The molecule has 0 aliphatic carbocycles. The number of hydrogen-bond acceptors (Lipinski definition) is 5. The predicted octanol–water partition coefficient (Wildman–Crippen LogP) is 0.385. The van der Waals surface area contributed by atoms with Crippen LogP contribution in [-0.4, -0.2) is 39.3 Å². The average Bonchev–Trinajstić information content (AvgIpc) is 2.62. The van der Waals surface area contributed by atoms with Gasteiger partial charge in [-0.05, 0) is 6.92 Å². The summed E-state index contributed by atoms with van der Waals surface area (Å²) in [5.74, 6) is -0.943. The fourth-order valence-electron chi connectivity index (χ4n) is 1.14. The summed E-state index contributed by atoms with van der Waals surface area (Å²) in [6.45, 7) is 1.10. The van der Waals surface area contributed by atoms with E-state index in [1.807, 2.05) is 0 Å². The second-order valence-electron chi connectivity index (χ2n) is 2.79. The van der Waals surface area contributed by atoms with Crippen molar-refractivity contribution in [1.29, 1.82) is 0 Å². The van der Waals surface area contributed by atoms with Crippen LogP contribution >= 0.6 is 0 Å². The van der Waals surface area contributed by atoms with E-state index in [0.717, 1.165) is 4.68 Å². The third kappa shape index (κ3) is 2.51. The number of aliphatic hydroxyl groups is 1. The third-order valence-electron chi connectivity index (χ3n) is 1.76. The molecule has 1 aromatic heterocycles. The van der Waals surface area contributed by atoms with Crippen molar-refractivity contribution >= 4 is 5.97 Å². The van der Waals surface area contributed by atoms with E-state index < -0.39 is 23.8 Å². The minimum absolute atomic E-state index is 0.0639. The number of nitrogens with zero attached hydrogens (tertiary/aromatic N) is 3. The maximum Gasteiger partial charge on any atom is 0.361 e. The first-order chi connectivity index (χ1) is 7.61. The zero-order chi connectivity index (χ0) is 12.1. The van der Waals surface area contributed by atoms with Crippen LogP contribution in [0.25, 0.3) is 0 Å². The molecule has 0 atom stereocenters. The first-order valence-corrected chi connectivity index (χ1v) is 4.61. The number of carbonyl (C=O) groups excluding carboxylic acids is 1. The Morgan fingerprint density at radius 3 is 2.81 bits per heavy atom. The Labute approximate surface area is 89.8 Å². The van der Waals surface area contributed by atoms with Crippen molar-refractivity contribution < 1.29 is 23.4 Å². The van der Waals surface area contributed by atoms with Crippen LogP contribution in [0.2, 0.25) is 0 Å². The Hall–Kier alpha value is -1.57. The first-order valence-electron chi connectivity index (χ1n) is 4.61. The highest BCUT2D eigenvalue weighted by molar-refractivity contribution is 5.88. The van der Waals surface area contributed by atoms with E-state index in [1.165, 1.54) is 0 Å². The summed E-state index contributed by atoms with van der Waals surface area (Å²) < 4.78 is 30.7. The molecule has 16 heavy (non-hydrogen) atoms. The molecule has 1 rings (SSSR count). The van der Waals surface area contributed by atoms with Gasteiger partial charge >= 0.3 is 5.97 Å². The minimum Gasteiger partial charge on any atom is -0.461 e. The highest BCUT2D eigenvalue weighted by atomic mass is 19.3. The van der Waals surface area contributed by atoms with Gasteiger partial charge in [-0.1, -0.05) is 5.21 Å². The first kappa shape index (κ1) is 12.5. The lowest BCUT2D eigenvalue weighted by Gasteiger charge is -2.04. The number of aliphatic hydroxyl groups excluding tert-OH is 1. The van der Waals surface area contributed by atoms with Gasteiger partial charge in [-0.2, -0.15) is 0 Å². The fraction of sp³-hybridized carbons (Fsp3) is 0.625. The van der Waals surface area contributed by atoms with E-state index >= 15 is 0 Å². The molecule has 0 amide bonds. The van der Waals surface area contributed by atoms with Crippen LogP contribution in [0.15, 0.2) is 0 Å². The highest BCUT2D eigenvalue weighted by Gasteiger charge is 2.27. The highest BCUT2D eigenvalue weighted by Crippen LogP contribution is 2.21. The Balaban J connectivity index is 3.04. The lowest BCUT2D eigenvalue weighted by atomic mass is 10.3. The van der Waals surface area contributed by atoms with Gasteiger partial charge in [0.2, 0.25) is 0 Å². The summed E-state index contributed by atoms with van der Waals surface area (Å²) in [5.41, 5.74) is -1.14. The summed E-state index contributed by atoms with van der Waals surface area (Å²) in [6.07, 6.45) is -2.90. The van der Waals surface area contributed by atoms with Crippen molar-refractivity contribution in [1.82, 2.24) is 15.0 Å². The lowest BCUT2D eigenvalue weighted by molar-refractivity contribution is 0.0506. The van der Waals surface area contributed by atoms with Gasteiger partial charge in [-0.15, -0.1) is 5.10 Å². The number of carbonyl (C=O) groups is 1. The van der Waals surface area contributed by atoms with Gasteiger partial charge in [0.05, 0.1) is 19.8 Å². The average molecular weight is 235 g/mol. The van der Waals surface area contributed by atoms with Crippen LogP contribution in [0.4, 0.5) is 8.78 Å². The molecule has 0 bridgehead atoms. The Morgan fingerprint density at radius 2 is 2.31 bits per heavy atom. The number of aromatic nitrogens is 3. The van der Waals surface area contributed by atoms with Crippen molar-refractivity contribution in [2.24, 2.45) is 0 Å². The normalized spacial score (nSPS) is 10.8. The number of alkyl halides is 2. The van der Waals surface area contributed by atoms with Gasteiger partial charge in [-0.3, -0.25) is 0 Å². The van der Waals surface area contributed by atoms with Gasteiger partial charge in [0, 0.05) is 0 Å². The van der Waals surface area contributed by atoms with Crippen LogP contribution in [0.1, 0.15) is 29.5 Å². The summed E-state index contributed by atoms with van der Waals surface area (Å²) in [4.78, 5) is 11.3. The zero-order valence-corrected chi connectivity index (χ0v) is 8.56. The second-order valence-corrected chi connectivity index (χ2v) is 2.79. The van der Waals surface area contributed by atoms with Crippen LogP contribution < -0.4 is 0 Å². The molecule has 1 heterocycles. The quantitative estimate of drug-likeness (QED) is 0.747. The Bertz CT molecular complexity index is 367. The fourth-order valence-corrected chi connectivity index (χ4v) is 1.14. The summed E-state index contributed by atoms with van der Waals surface area (Å²) in [7, 11) is 0. The topological polar surface area (TPSA) is 77.2 Å². The number of hydrogen-bond donors (Lipinski definition) is 1. The van der Waals surface area contributed by atoms with E-state index in [9.17, 15) is 13.6 Å². The minimum atomic E-state index is -2.90. The summed E-state index contributed by atoms with van der Waals surface area (Å²) >= 11 is 0. The van der Waals surface area contributed by atoms with Gasteiger partial charge in [0.15, 0.2) is 5.69 Å². The van der Waals surface area contributed by atoms with Crippen LogP contribution in [0.3, 0.4) is 0 Å². The van der Waals surface area contributed by atoms with E-state index in [1.54, 1.807) is 6.92 Å². The third-order valence-corrected chi connectivity index (χ3v) is 1.76. The summed E-state index contributed by atoms with van der Waals surface area (Å²) in [6, 6.07) is 0. The maximum atomic E-state index is 12.7. The van der Waals surface area contributed by atoms with E-state index in [2.05, 4.69) is 15.0 Å². The van der Waals surface area contributed by atoms with E-state index in [4.69, 9.17) is 5.11 Å². The predicted molar refractivity (Wildman–Crippen MR) is 48.0 cm³/mol. The molecule has 0 fully saturated rings. The van der Waals surface area contributed by atoms with Gasteiger partial charge < -0.3 is 9.84 Å². The Kier molecular flexibility index (Phi) is 4.29. The molecule has 0 radical (unpaired) electrons. The van der Waals surface area contributed by atoms with Crippen molar-refractivity contribution in [3.8, 4) is 0 Å². The molecule has 0 saturated heterocycles. The van der Waals surface area contributed by atoms with Crippen molar-refractivity contribution in [3.63, 3.8) is 0 Å². The molecule has 8 heteroatoms. The van der Waals surface area contributed by atoms with E-state index in [0.29, 0.717) is 0 Å². The van der Waals surface area contributed by atoms with Gasteiger partial charge in [-0.25, -0.2) is 18.3 Å². The molecule has 0 spiro atoms. The maximum absolute atomic E-state index is 12.7. The lowest BCUT2D eigenvalue weighted by Crippen LogP contribution is -2.12. The number of halogens is 2. The van der Waals surface area contributed by atoms with Gasteiger partial charge in [0.25, 0.3) is 6.43 Å². The molecule has 0 aromatic carbocycles. The van der Waals surface area contributed by atoms with Crippen LogP contribution in [0.5, 0.6) is 0 Å². The smallest absolute Gasteiger partial charge is 0.361 e. The second kappa shape index (κ2) is 5.50. The molecule has 1 aromatic rings. The van der Waals surface area contributed by atoms with Crippen molar-refractivity contribution in [2.75, 3.05) is 13.2 Å². The SMILES string of the molecule is CCOC(=O)c1nnn(CCO)c1C(F)F. The van der Waals surface area contributed by atoms with E-state index in [-0.39, 0.29) is 19.8 Å². The molecule has 1 N–H and O–H groups in total. The molecule has 0 aliphatic rings. The van der Waals surface area contributed by atoms with Crippen molar-refractivity contribution in [2.45, 2.75) is 19.9 Å². The summed E-state index contributed by atoms with van der Waals surface area (Å²) in [5, 5.41) is 15.3. The Morgan fingerprint density at radius 1 is 1.62 bits per heavy atom.